The number of allylic oxidation sites excluding steroid dienone is 2. The largest absolute Gasteiger partial charge is 0.232 e. The Bertz CT molecular complexity index is 53.5. The van der Waals surface area contributed by atoms with E-state index in [1.54, 1.807) is 0 Å². The smallest absolute Gasteiger partial charge is 0 e. The summed E-state index contributed by atoms with van der Waals surface area (Å²) in [6.45, 7) is 0. The van der Waals surface area contributed by atoms with E-state index in [-0.39, 0.29) is 31.9 Å². The molecule has 0 nitrogen and oxygen atoms in total. The van der Waals surface area contributed by atoms with Crippen molar-refractivity contribution in [3.8, 4) is 0 Å². The van der Waals surface area contributed by atoms with Crippen molar-refractivity contribution in [3.63, 3.8) is 0 Å². The maximum absolute atomic E-state index is 2.21. The summed E-state index contributed by atoms with van der Waals surface area (Å²) in [6, 6.07) is 0. The van der Waals surface area contributed by atoms with Gasteiger partial charge in [0.05, 0.1) is 0 Å². The molecule has 0 radical (unpaired) electrons. The molecule has 0 aromatic carbocycles. The Hall–Kier alpha value is 0.523. The normalized spacial score (nSPS) is 15.0. The Morgan fingerprint density at radius 1 is 1.38 bits per heavy atom. The quantitative estimate of drug-likeness (QED) is 0.399. The fourth-order valence-corrected chi connectivity index (χ4v) is 0.642. The second kappa shape index (κ2) is 7.52. The predicted octanol–water partition coefficient (Wildman–Crippen LogP) is 2.35. The molecule has 1 aliphatic carbocycles. The van der Waals surface area contributed by atoms with Crippen LogP contribution < -0.4 is 0 Å². The summed E-state index contributed by atoms with van der Waals surface area (Å²) in [4.78, 5) is 0. The van der Waals surface area contributed by atoms with Gasteiger partial charge in [0.2, 0.25) is 0 Å². The van der Waals surface area contributed by atoms with E-state index in [0.29, 0.717) is 0 Å². The molecule has 0 amide bonds. The Balaban J connectivity index is 0. The van der Waals surface area contributed by atoms with Gasteiger partial charge < -0.3 is 0 Å². The van der Waals surface area contributed by atoms with Crippen LogP contribution in [0.3, 0.4) is 0 Å². The van der Waals surface area contributed by atoms with Crippen molar-refractivity contribution in [2.45, 2.75) is 19.3 Å². The van der Waals surface area contributed by atoms with Crippen LogP contribution in [0.5, 0.6) is 0 Å². The van der Waals surface area contributed by atoms with Crippen LogP contribution in [0, 0.1) is 6.42 Å². The molecule has 0 spiro atoms. The van der Waals surface area contributed by atoms with E-state index in [1.165, 1.54) is 19.3 Å². The molecule has 0 saturated heterocycles. The Morgan fingerprint density at radius 2 is 2.12 bits per heavy atom. The van der Waals surface area contributed by atoms with Crippen LogP contribution in [-0.2, 0) is 19.5 Å². The summed E-state index contributed by atoms with van der Waals surface area (Å²) in [5.74, 6) is 0. The van der Waals surface area contributed by atoms with Gasteiger partial charge in [-0.2, -0.15) is 0 Å². The van der Waals surface area contributed by atoms with Crippen LogP contribution in [0.1, 0.15) is 19.3 Å². The number of rotatable bonds is 0. The van der Waals surface area contributed by atoms with Crippen molar-refractivity contribution >= 4 is 12.4 Å². The van der Waals surface area contributed by atoms with Crippen LogP contribution >= 0.6 is 12.4 Å². The van der Waals surface area contributed by atoms with Crippen molar-refractivity contribution in [1.82, 2.24) is 0 Å². The van der Waals surface area contributed by atoms with E-state index in [0.717, 1.165) is 0 Å². The van der Waals surface area contributed by atoms with E-state index in [9.17, 15) is 0 Å². The third-order valence-electron chi connectivity index (χ3n) is 1.01. The number of halogens is 1. The minimum Gasteiger partial charge on any atom is -0.232 e. The molecule has 0 aromatic heterocycles. The van der Waals surface area contributed by atoms with Gasteiger partial charge in [-0.1, -0.05) is 6.42 Å². The second-order valence-electron chi connectivity index (χ2n) is 1.59. The van der Waals surface area contributed by atoms with Gasteiger partial charge in [-0.15, -0.1) is 25.2 Å². The van der Waals surface area contributed by atoms with Crippen molar-refractivity contribution in [3.05, 3.63) is 18.6 Å². The average Bonchev–Trinajstić information content (AvgIpc) is 1.72. The standard InChI is InChI=1S/C6H9.ClH.Zn/c1-2-4-6-5-3-1;;/h1-3H,4-6H2;1H;/q-1;;. The Kier molecular flexibility index (Phi) is 10.7. The molecule has 0 unspecified atom stereocenters. The molecule has 0 saturated carbocycles. The zero-order valence-electron chi connectivity index (χ0n) is 4.97. The van der Waals surface area contributed by atoms with Crippen LogP contribution in [0.2, 0.25) is 0 Å². The molecular formula is C6H10ClZn-. The van der Waals surface area contributed by atoms with E-state index in [4.69, 9.17) is 0 Å². The summed E-state index contributed by atoms with van der Waals surface area (Å²) in [5.41, 5.74) is 0. The van der Waals surface area contributed by atoms with Gasteiger partial charge in [-0.05, 0) is 0 Å². The first-order chi connectivity index (χ1) is 3.00. The maximum Gasteiger partial charge on any atom is 0 e. The third kappa shape index (κ3) is 4.68. The zero-order chi connectivity index (χ0) is 4.24. The van der Waals surface area contributed by atoms with E-state index < -0.39 is 0 Å². The zero-order valence-corrected chi connectivity index (χ0v) is 8.75. The fraction of sp³-hybridized carbons (Fsp3) is 0.500. The summed E-state index contributed by atoms with van der Waals surface area (Å²) in [7, 11) is 0. The molecule has 2 heteroatoms. The molecular weight excluding hydrogens is 173 g/mol. The van der Waals surface area contributed by atoms with Crippen molar-refractivity contribution < 1.29 is 19.5 Å². The van der Waals surface area contributed by atoms with Crippen LogP contribution in [0.4, 0.5) is 0 Å². The first kappa shape index (κ1) is 11.3. The summed E-state index contributed by atoms with van der Waals surface area (Å²) in [5, 5.41) is 0. The van der Waals surface area contributed by atoms with Gasteiger partial charge in [-0.3, -0.25) is 0 Å². The van der Waals surface area contributed by atoms with Crippen molar-refractivity contribution in [2.75, 3.05) is 0 Å². The second-order valence-corrected chi connectivity index (χ2v) is 1.59. The average molecular weight is 183 g/mol. The Labute approximate surface area is 69.9 Å². The molecule has 0 aromatic rings. The fourth-order valence-electron chi connectivity index (χ4n) is 0.642. The summed E-state index contributed by atoms with van der Waals surface area (Å²) >= 11 is 0. The number of hydrogen-bond donors (Lipinski definition) is 0. The van der Waals surface area contributed by atoms with Gasteiger partial charge in [0.15, 0.2) is 0 Å². The molecule has 0 heterocycles. The predicted molar refractivity (Wildman–Crippen MR) is 34.5 cm³/mol. The first-order valence-corrected chi connectivity index (χ1v) is 2.48. The van der Waals surface area contributed by atoms with Gasteiger partial charge in [0.1, 0.15) is 0 Å². The van der Waals surface area contributed by atoms with E-state index >= 15 is 0 Å². The molecule has 0 N–H and O–H groups in total. The van der Waals surface area contributed by atoms with Gasteiger partial charge in [-0.25, -0.2) is 18.6 Å². The van der Waals surface area contributed by atoms with Gasteiger partial charge in [0.25, 0.3) is 0 Å². The first-order valence-electron chi connectivity index (χ1n) is 2.48. The molecule has 0 aliphatic heterocycles. The van der Waals surface area contributed by atoms with Crippen LogP contribution in [0.25, 0.3) is 0 Å². The van der Waals surface area contributed by atoms with E-state index in [2.05, 4.69) is 18.6 Å². The Morgan fingerprint density at radius 3 is 2.25 bits per heavy atom. The minimum absolute atomic E-state index is 0. The van der Waals surface area contributed by atoms with Crippen molar-refractivity contribution in [2.24, 2.45) is 0 Å². The van der Waals surface area contributed by atoms with Crippen molar-refractivity contribution in [1.29, 1.82) is 0 Å². The van der Waals surface area contributed by atoms with Gasteiger partial charge >= 0.3 is 0 Å². The monoisotopic (exact) mass is 181 g/mol. The summed E-state index contributed by atoms with van der Waals surface area (Å²) < 4.78 is 0. The van der Waals surface area contributed by atoms with E-state index in [1.807, 2.05) is 0 Å². The minimum atomic E-state index is 0. The molecule has 1 rings (SSSR count). The molecule has 0 atom stereocenters. The molecule has 44 valence electrons. The SMILES string of the molecule is C1=CCCC[CH-]1.Cl.[Zn]. The number of hydrogen-bond acceptors (Lipinski definition) is 0. The van der Waals surface area contributed by atoms with Crippen LogP contribution in [-0.4, -0.2) is 0 Å². The molecule has 0 bridgehead atoms. The topological polar surface area (TPSA) is 0 Å². The molecule has 1 aliphatic rings. The summed E-state index contributed by atoms with van der Waals surface area (Å²) in [6.07, 6.45) is 10.5. The van der Waals surface area contributed by atoms with Crippen LogP contribution in [0.15, 0.2) is 12.2 Å². The molecule has 0 fully saturated rings. The molecule has 8 heavy (non-hydrogen) atoms. The van der Waals surface area contributed by atoms with Gasteiger partial charge in [0, 0.05) is 19.5 Å². The maximum atomic E-state index is 2.21. The third-order valence-corrected chi connectivity index (χ3v) is 1.01.